The number of nitrogens with zero attached hydrogens (tertiary/aromatic N) is 3. The molecule has 1 aliphatic rings. The van der Waals surface area contributed by atoms with Crippen LogP contribution >= 0.6 is 0 Å². The van der Waals surface area contributed by atoms with Gasteiger partial charge in [-0.25, -0.2) is 9.07 Å². The summed E-state index contributed by atoms with van der Waals surface area (Å²) in [5.41, 5.74) is 0.688. The van der Waals surface area contributed by atoms with Crippen LogP contribution in [0.4, 0.5) is 10.1 Å². The second-order valence-corrected chi connectivity index (χ2v) is 6.09. The van der Waals surface area contributed by atoms with Crippen molar-refractivity contribution < 1.29 is 14.3 Å². The maximum Gasteiger partial charge on any atom is 0.256 e. The molecule has 1 aromatic heterocycles. The number of nitrogens with one attached hydrogen (secondary N) is 1. The molecule has 2 N–H and O–H groups in total. The lowest BCUT2D eigenvalue weighted by Crippen LogP contribution is -2.22. The number of aromatic hydroxyl groups is 1. The lowest BCUT2D eigenvalue weighted by molar-refractivity contribution is -0.110. The summed E-state index contributed by atoms with van der Waals surface area (Å²) in [6, 6.07) is 2.66. The maximum atomic E-state index is 14.1. The summed E-state index contributed by atoms with van der Waals surface area (Å²) < 4.78 is 15.8. The number of phenols is 1. The zero-order valence-electron chi connectivity index (χ0n) is 12.4. The van der Waals surface area contributed by atoms with Gasteiger partial charge in [-0.2, -0.15) is 0 Å². The van der Waals surface area contributed by atoms with Gasteiger partial charge in [0.2, 0.25) is 0 Å². The summed E-state index contributed by atoms with van der Waals surface area (Å²) in [6.07, 6.45) is 3.14. The molecule has 0 unspecified atom stereocenters. The molecule has 2 aromatic rings. The fraction of sp³-hybridized carbons (Fsp3) is 0.267. The predicted octanol–water partition coefficient (Wildman–Crippen LogP) is 2.37. The lowest BCUT2D eigenvalue weighted by Gasteiger charge is -2.17. The van der Waals surface area contributed by atoms with Crippen molar-refractivity contribution >= 4 is 23.2 Å². The first-order valence-electron chi connectivity index (χ1n) is 6.75. The van der Waals surface area contributed by atoms with Crippen LogP contribution in [-0.2, 0) is 10.3 Å². The number of carbonyl (C=O) groups excluding carboxylic acids is 1. The molecule has 114 valence electrons. The van der Waals surface area contributed by atoms with Gasteiger partial charge in [0.25, 0.3) is 5.91 Å². The third-order valence-electron chi connectivity index (χ3n) is 3.37. The molecule has 0 atom stereocenters. The smallest absolute Gasteiger partial charge is 0.256 e. The van der Waals surface area contributed by atoms with E-state index in [1.54, 1.807) is 10.9 Å². The molecule has 22 heavy (non-hydrogen) atoms. The molecule has 0 saturated carbocycles. The topological polar surface area (TPSA) is 80.0 Å². The van der Waals surface area contributed by atoms with Crippen LogP contribution in [0.2, 0.25) is 0 Å². The van der Waals surface area contributed by atoms with Crippen LogP contribution in [0.25, 0.3) is 11.6 Å². The minimum Gasteiger partial charge on any atom is -0.505 e. The van der Waals surface area contributed by atoms with Crippen molar-refractivity contribution in [2.24, 2.45) is 0 Å². The minimum atomic E-state index is -0.828. The number of rotatable bonds is 1. The Labute approximate surface area is 126 Å². The number of hydrogen-bond donors (Lipinski definition) is 2. The standard InChI is InChI=1S/C15H15FN4O2/c1-15(2,3)20-7-8(18-19-20)6-9-12-10(17-14(9)22)4-5-11(21)13(12)16/h4-7,21H,1-3H3,(H,17,22). The van der Waals surface area contributed by atoms with E-state index in [0.29, 0.717) is 11.4 Å². The van der Waals surface area contributed by atoms with Crippen LogP contribution in [0.1, 0.15) is 32.0 Å². The Morgan fingerprint density at radius 1 is 1.36 bits per heavy atom. The van der Waals surface area contributed by atoms with E-state index in [1.807, 2.05) is 20.8 Å². The molecule has 1 amide bonds. The maximum absolute atomic E-state index is 14.1. The van der Waals surface area contributed by atoms with Gasteiger partial charge in [0.1, 0.15) is 5.69 Å². The van der Waals surface area contributed by atoms with E-state index >= 15 is 0 Å². The van der Waals surface area contributed by atoms with E-state index in [-0.39, 0.29) is 16.7 Å². The number of aromatic nitrogens is 3. The Bertz CT molecular complexity index is 802. The first-order chi connectivity index (χ1) is 10.3. The largest absolute Gasteiger partial charge is 0.505 e. The fourth-order valence-electron chi connectivity index (χ4n) is 2.19. The van der Waals surface area contributed by atoms with Crippen molar-refractivity contribution in [2.75, 3.05) is 5.32 Å². The van der Waals surface area contributed by atoms with Gasteiger partial charge in [0, 0.05) is 0 Å². The summed E-state index contributed by atoms with van der Waals surface area (Å²) in [6.45, 7) is 5.90. The first kappa shape index (κ1) is 14.2. The number of hydrogen-bond acceptors (Lipinski definition) is 4. The zero-order chi connectivity index (χ0) is 16.1. The van der Waals surface area contributed by atoms with E-state index < -0.39 is 17.5 Å². The van der Waals surface area contributed by atoms with E-state index in [2.05, 4.69) is 15.6 Å². The van der Waals surface area contributed by atoms with Crippen molar-refractivity contribution in [1.82, 2.24) is 15.0 Å². The molecule has 0 aliphatic carbocycles. The van der Waals surface area contributed by atoms with Crippen molar-refractivity contribution in [1.29, 1.82) is 0 Å². The molecule has 2 heterocycles. The van der Waals surface area contributed by atoms with Crippen molar-refractivity contribution in [3.63, 3.8) is 0 Å². The second-order valence-electron chi connectivity index (χ2n) is 6.09. The molecule has 1 aromatic carbocycles. The quantitative estimate of drug-likeness (QED) is 0.626. The minimum absolute atomic E-state index is 0.0512. The molecule has 0 spiro atoms. The molecule has 0 saturated heterocycles. The average Bonchev–Trinajstić information content (AvgIpc) is 3.01. The van der Waals surface area contributed by atoms with Gasteiger partial charge >= 0.3 is 0 Å². The highest BCUT2D eigenvalue weighted by atomic mass is 19.1. The number of amides is 1. The van der Waals surface area contributed by atoms with Gasteiger partial charge in [0.05, 0.1) is 28.6 Å². The highest BCUT2D eigenvalue weighted by Gasteiger charge is 2.29. The summed E-state index contributed by atoms with van der Waals surface area (Å²) in [4.78, 5) is 12.0. The monoisotopic (exact) mass is 302 g/mol. The van der Waals surface area contributed by atoms with Gasteiger partial charge in [-0.1, -0.05) is 5.21 Å². The van der Waals surface area contributed by atoms with Crippen LogP contribution in [0.5, 0.6) is 5.75 Å². The molecule has 0 fully saturated rings. The Hall–Kier alpha value is -2.70. The molecule has 0 radical (unpaired) electrons. The van der Waals surface area contributed by atoms with Crippen molar-refractivity contribution in [3.8, 4) is 5.75 Å². The Balaban J connectivity index is 2.08. The molecule has 0 bridgehead atoms. The number of phenolic OH excluding ortho intramolecular Hbond substituents is 1. The Kier molecular flexibility index (Phi) is 3.01. The number of carbonyl (C=O) groups is 1. The third kappa shape index (κ3) is 2.24. The normalized spacial score (nSPS) is 16.0. The second kappa shape index (κ2) is 4.66. The summed E-state index contributed by atoms with van der Waals surface area (Å²) in [7, 11) is 0. The van der Waals surface area contributed by atoms with Gasteiger partial charge in [-0.15, -0.1) is 5.10 Å². The lowest BCUT2D eigenvalue weighted by atomic mass is 10.0. The van der Waals surface area contributed by atoms with Crippen LogP contribution in [0, 0.1) is 5.82 Å². The highest BCUT2D eigenvalue weighted by molar-refractivity contribution is 6.35. The Morgan fingerprint density at radius 3 is 2.73 bits per heavy atom. The van der Waals surface area contributed by atoms with Gasteiger partial charge < -0.3 is 10.4 Å². The SMILES string of the molecule is CC(C)(C)n1cc(C=C2C(=O)Nc3ccc(O)c(F)c32)nn1. The average molecular weight is 302 g/mol. The molecule has 1 aliphatic heterocycles. The van der Waals surface area contributed by atoms with Gasteiger partial charge in [-0.3, -0.25) is 4.79 Å². The van der Waals surface area contributed by atoms with E-state index in [1.165, 1.54) is 18.2 Å². The van der Waals surface area contributed by atoms with E-state index in [9.17, 15) is 14.3 Å². The zero-order valence-corrected chi connectivity index (χ0v) is 12.4. The highest BCUT2D eigenvalue weighted by Crippen LogP contribution is 2.38. The van der Waals surface area contributed by atoms with Crippen molar-refractivity contribution in [3.05, 3.63) is 35.4 Å². The number of benzene rings is 1. The number of fused-ring (bicyclic) bond motifs is 1. The predicted molar refractivity (Wildman–Crippen MR) is 79.6 cm³/mol. The van der Waals surface area contributed by atoms with E-state index in [4.69, 9.17) is 0 Å². The van der Waals surface area contributed by atoms with Crippen LogP contribution in [0.15, 0.2) is 18.3 Å². The molecule has 7 heteroatoms. The summed E-state index contributed by atoms with van der Waals surface area (Å²) in [5.74, 6) is -1.77. The van der Waals surface area contributed by atoms with Gasteiger partial charge in [0.15, 0.2) is 11.6 Å². The third-order valence-corrected chi connectivity index (χ3v) is 3.37. The van der Waals surface area contributed by atoms with Gasteiger partial charge in [-0.05, 0) is 39.0 Å². The summed E-state index contributed by atoms with van der Waals surface area (Å²) >= 11 is 0. The van der Waals surface area contributed by atoms with Crippen LogP contribution in [-0.4, -0.2) is 26.0 Å². The first-order valence-corrected chi connectivity index (χ1v) is 6.75. The van der Waals surface area contributed by atoms with Crippen LogP contribution < -0.4 is 5.32 Å². The van der Waals surface area contributed by atoms with E-state index in [0.717, 1.165) is 0 Å². The summed E-state index contributed by atoms with van der Waals surface area (Å²) in [5, 5.41) is 20.0. The molecule has 6 nitrogen and oxygen atoms in total. The Morgan fingerprint density at radius 2 is 2.09 bits per heavy atom. The molecule has 3 rings (SSSR count). The molecular weight excluding hydrogens is 287 g/mol. The van der Waals surface area contributed by atoms with Crippen LogP contribution in [0.3, 0.4) is 0 Å². The number of halogens is 1. The van der Waals surface area contributed by atoms with Crippen molar-refractivity contribution in [2.45, 2.75) is 26.3 Å². The number of anilines is 1. The molecular formula is C15H15FN4O2. The fourth-order valence-corrected chi connectivity index (χ4v) is 2.19.